The predicted molar refractivity (Wildman–Crippen MR) is 78.1 cm³/mol. The van der Waals surface area contributed by atoms with E-state index >= 15 is 0 Å². The third-order valence-electron chi connectivity index (χ3n) is 3.59. The highest BCUT2D eigenvalue weighted by atomic mass is 16.3. The van der Waals surface area contributed by atoms with Gasteiger partial charge in [-0.1, -0.05) is 44.2 Å². The molecule has 0 radical (unpaired) electrons. The molecule has 0 saturated heterocycles. The standard InChI is InChI=1S/C16H21NO/c1-12(2)16(11-18)17(3)15-9-8-13-6-4-5-7-14(13)10-15/h4-10,12,16,18H,11H2,1-3H3. The molecule has 0 aliphatic rings. The van der Waals surface area contributed by atoms with Crippen molar-refractivity contribution in [3.8, 4) is 0 Å². The van der Waals surface area contributed by atoms with Crippen LogP contribution >= 0.6 is 0 Å². The summed E-state index contributed by atoms with van der Waals surface area (Å²) in [6.45, 7) is 4.46. The van der Waals surface area contributed by atoms with E-state index in [2.05, 4.69) is 61.2 Å². The summed E-state index contributed by atoms with van der Waals surface area (Å²) in [7, 11) is 2.05. The number of rotatable bonds is 4. The Labute approximate surface area is 109 Å². The lowest BCUT2D eigenvalue weighted by Gasteiger charge is -2.31. The van der Waals surface area contributed by atoms with E-state index in [-0.39, 0.29) is 12.6 Å². The van der Waals surface area contributed by atoms with Gasteiger partial charge in [0.1, 0.15) is 0 Å². The van der Waals surface area contributed by atoms with Crippen LogP contribution in [0, 0.1) is 5.92 Å². The molecule has 0 amide bonds. The molecule has 2 rings (SSSR count). The number of aliphatic hydroxyl groups is 1. The van der Waals surface area contributed by atoms with Crippen molar-refractivity contribution in [1.29, 1.82) is 0 Å². The summed E-state index contributed by atoms with van der Waals surface area (Å²) >= 11 is 0. The van der Waals surface area contributed by atoms with Crippen molar-refractivity contribution >= 4 is 16.5 Å². The molecule has 0 fully saturated rings. The molecule has 0 saturated carbocycles. The molecule has 0 aliphatic carbocycles. The monoisotopic (exact) mass is 243 g/mol. The van der Waals surface area contributed by atoms with Crippen molar-refractivity contribution in [2.75, 3.05) is 18.6 Å². The maximum absolute atomic E-state index is 9.50. The van der Waals surface area contributed by atoms with Crippen molar-refractivity contribution in [3.05, 3.63) is 42.5 Å². The van der Waals surface area contributed by atoms with Gasteiger partial charge in [0.05, 0.1) is 12.6 Å². The molecule has 0 bridgehead atoms. The smallest absolute Gasteiger partial charge is 0.0637 e. The van der Waals surface area contributed by atoms with Crippen LogP contribution in [0.25, 0.3) is 10.8 Å². The van der Waals surface area contributed by atoms with E-state index < -0.39 is 0 Å². The predicted octanol–water partition coefficient (Wildman–Crippen LogP) is 3.29. The molecule has 0 heterocycles. The van der Waals surface area contributed by atoms with Crippen LogP contribution < -0.4 is 4.90 Å². The third kappa shape index (κ3) is 2.49. The Kier molecular flexibility index (Phi) is 3.87. The van der Waals surface area contributed by atoms with Crippen molar-refractivity contribution in [2.24, 2.45) is 5.92 Å². The first-order valence-corrected chi connectivity index (χ1v) is 6.46. The summed E-state index contributed by atoms with van der Waals surface area (Å²) in [5.74, 6) is 0.423. The van der Waals surface area contributed by atoms with Gasteiger partial charge in [-0.2, -0.15) is 0 Å². The lowest BCUT2D eigenvalue weighted by molar-refractivity contribution is 0.234. The Balaban J connectivity index is 2.35. The molecule has 2 aromatic rings. The lowest BCUT2D eigenvalue weighted by atomic mass is 10.0. The normalized spacial score (nSPS) is 12.9. The van der Waals surface area contributed by atoms with E-state index in [9.17, 15) is 5.11 Å². The summed E-state index contributed by atoms with van der Waals surface area (Å²) in [4.78, 5) is 2.16. The van der Waals surface area contributed by atoms with Gasteiger partial charge in [0.25, 0.3) is 0 Å². The minimum atomic E-state index is 0.158. The number of hydrogen-bond acceptors (Lipinski definition) is 2. The summed E-state index contributed by atoms with van der Waals surface area (Å²) in [6.07, 6.45) is 0. The quantitative estimate of drug-likeness (QED) is 0.890. The van der Waals surface area contributed by atoms with Gasteiger partial charge in [0.15, 0.2) is 0 Å². The number of anilines is 1. The highest BCUT2D eigenvalue weighted by Gasteiger charge is 2.18. The van der Waals surface area contributed by atoms with Crippen LogP contribution in [0.2, 0.25) is 0 Å². The molecule has 2 nitrogen and oxygen atoms in total. The molecule has 2 aromatic carbocycles. The fourth-order valence-corrected chi connectivity index (χ4v) is 2.37. The first-order valence-electron chi connectivity index (χ1n) is 6.46. The SMILES string of the molecule is CC(C)C(CO)N(C)c1ccc2ccccc2c1. The van der Waals surface area contributed by atoms with Crippen LogP contribution in [-0.2, 0) is 0 Å². The van der Waals surface area contributed by atoms with E-state index in [1.165, 1.54) is 10.8 Å². The highest BCUT2D eigenvalue weighted by molar-refractivity contribution is 5.85. The van der Waals surface area contributed by atoms with E-state index in [0.29, 0.717) is 5.92 Å². The average molecular weight is 243 g/mol. The fourth-order valence-electron chi connectivity index (χ4n) is 2.37. The molecule has 0 aliphatic heterocycles. The molecular weight excluding hydrogens is 222 g/mol. The average Bonchev–Trinajstić information content (AvgIpc) is 2.38. The Bertz CT molecular complexity index is 521. The molecule has 0 aromatic heterocycles. The highest BCUT2D eigenvalue weighted by Crippen LogP contribution is 2.24. The van der Waals surface area contributed by atoms with Gasteiger partial charge in [-0.05, 0) is 28.8 Å². The zero-order valence-electron chi connectivity index (χ0n) is 11.3. The van der Waals surface area contributed by atoms with E-state index in [1.807, 2.05) is 7.05 Å². The molecule has 0 spiro atoms. The second-order valence-electron chi connectivity index (χ2n) is 5.14. The van der Waals surface area contributed by atoms with Crippen LogP contribution in [0.15, 0.2) is 42.5 Å². The summed E-state index contributed by atoms with van der Waals surface area (Å²) in [5, 5.41) is 12.0. The summed E-state index contributed by atoms with van der Waals surface area (Å²) < 4.78 is 0. The van der Waals surface area contributed by atoms with Crippen LogP contribution in [0.1, 0.15) is 13.8 Å². The second kappa shape index (κ2) is 5.40. The number of aliphatic hydroxyl groups excluding tert-OH is 1. The Morgan fingerprint density at radius 2 is 1.72 bits per heavy atom. The van der Waals surface area contributed by atoms with E-state index in [0.717, 1.165) is 5.69 Å². The van der Waals surface area contributed by atoms with Gasteiger partial charge in [-0.15, -0.1) is 0 Å². The summed E-state index contributed by atoms with van der Waals surface area (Å²) in [6, 6.07) is 14.9. The number of benzene rings is 2. The Morgan fingerprint density at radius 1 is 1.06 bits per heavy atom. The number of likely N-dealkylation sites (N-methyl/N-ethyl adjacent to an activating group) is 1. The molecule has 1 N–H and O–H groups in total. The zero-order chi connectivity index (χ0) is 13.1. The molecule has 1 atom stereocenters. The van der Waals surface area contributed by atoms with Crippen molar-refractivity contribution in [2.45, 2.75) is 19.9 Å². The maximum atomic E-state index is 9.50. The van der Waals surface area contributed by atoms with Gasteiger partial charge in [0.2, 0.25) is 0 Å². The second-order valence-corrected chi connectivity index (χ2v) is 5.14. The van der Waals surface area contributed by atoms with Gasteiger partial charge in [0, 0.05) is 12.7 Å². The molecule has 2 heteroatoms. The number of fused-ring (bicyclic) bond motifs is 1. The van der Waals surface area contributed by atoms with Crippen LogP contribution in [0.3, 0.4) is 0 Å². The number of hydrogen-bond donors (Lipinski definition) is 1. The number of nitrogens with zero attached hydrogens (tertiary/aromatic N) is 1. The minimum Gasteiger partial charge on any atom is -0.394 e. The molecular formula is C16H21NO. The van der Waals surface area contributed by atoms with Gasteiger partial charge in [-0.3, -0.25) is 0 Å². The third-order valence-corrected chi connectivity index (χ3v) is 3.59. The maximum Gasteiger partial charge on any atom is 0.0637 e. The molecule has 18 heavy (non-hydrogen) atoms. The van der Waals surface area contributed by atoms with Crippen LogP contribution in [-0.4, -0.2) is 24.8 Å². The molecule has 96 valence electrons. The van der Waals surface area contributed by atoms with Crippen molar-refractivity contribution < 1.29 is 5.11 Å². The van der Waals surface area contributed by atoms with Crippen LogP contribution in [0.4, 0.5) is 5.69 Å². The van der Waals surface area contributed by atoms with Crippen molar-refractivity contribution in [3.63, 3.8) is 0 Å². The minimum absolute atomic E-state index is 0.158. The Morgan fingerprint density at radius 3 is 2.33 bits per heavy atom. The largest absolute Gasteiger partial charge is 0.394 e. The van der Waals surface area contributed by atoms with Gasteiger partial charge >= 0.3 is 0 Å². The fraction of sp³-hybridized carbons (Fsp3) is 0.375. The zero-order valence-corrected chi connectivity index (χ0v) is 11.3. The van der Waals surface area contributed by atoms with Crippen LogP contribution in [0.5, 0.6) is 0 Å². The Hall–Kier alpha value is -1.54. The van der Waals surface area contributed by atoms with E-state index in [4.69, 9.17) is 0 Å². The molecule has 1 unspecified atom stereocenters. The van der Waals surface area contributed by atoms with E-state index in [1.54, 1.807) is 0 Å². The summed E-state index contributed by atoms with van der Waals surface area (Å²) in [5.41, 5.74) is 1.15. The topological polar surface area (TPSA) is 23.5 Å². The van der Waals surface area contributed by atoms with Gasteiger partial charge in [-0.25, -0.2) is 0 Å². The van der Waals surface area contributed by atoms with Gasteiger partial charge < -0.3 is 10.0 Å². The lowest BCUT2D eigenvalue weighted by Crippen LogP contribution is -2.38. The first kappa shape index (κ1) is 12.9. The van der Waals surface area contributed by atoms with Crippen molar-refractivity contribution in [1.82, 2.24) is 0 Å². The first-order chi connectivity index (χ1) is 8.63.